The third-order valence-corrected chi connectivity index (χ3v) is 8.29. The molecule has 5 rings (SSSR count). The molecule has 4 aromatic carbocycles. The molecule has 0 amide bonds. The SMILES string of the molecule is C=CC[C@@H](OC(=O)/C=C/c1ccccc1)[C@H]1OC(C)(C)O[C@@H]1/C=C/[C@@H](O)[C@H](C)OC(c1ccccc1)(c1ccccc1)c1ccccc1. The smallest absolute Gasteiger partial charge is 0.331 e. The maximum Gasteiger partial charge on any atom is 0.331 e. The number of carbonyl (C=O) groups is 1. The molecule has 1 saturated heterocycles. The van der Waals surface area contributed by atoms with Crippen LogP contribution in [0.3, 0.4) is 0 Å². The Morgan fingerprint density at radius 1 is 0.854 bits per heavy atom. The van der Waals surface area contributed by atoms with E-state index in [9.17, 15) is 9.90 Å². The molecular weight excluding hydrogens is 600 g/mol. The minimum Gasteiger partial charge on any atom is -0.456 e. The second kappa shape index (κ2) is 16.0. The number of hydrogen-bond donors (Lipinski definition) is 1. The summed E-state index contributed by atoms with van der Waals surface area (Å²) >= 11 is 0. The van der Waals surface area contributed by atoms with Crippen molar-refractivity contribution in [1.82, 2.24) is 0 Å². The minimum absolute atomic E-state index is 0.356. The van der Waals surface area contributed by atoms with Crippen molar-refractivity contribution in [2.75, 3.05) is 0 Å². The quantitative estimate of drug-likeness (QED) is 0.0649. The first-order valence-electron chi connectivity index (χ1n) is 16.3. The van der Waals surface area contributed by atoms with Gasteiger partial charge in [-0.1, -0.05) is 140 Å². The minimum atomic E-state index is -1.01. The van der Waals surface area contributed by atoms with Crippen LogP contribution in [0.25, 0.3) is 6.08 Å². The van der Waals surface area contributed by atoms with E-state index in [2.05, 4.69) is 6.58 Å². The Labute approximate surface area is 284 Å². The molecule has 1 fully saturated rings. The van der Waals surface area contributed by atoms with Crippen LogP contribution in [-0.4, -0.2) is 47.4 Å². The molecule has 0 saturated carbocycles. The Kier molecular flexibility index (Phi) is 11.6. The number of ether oxygens (including phenoxy) is 4. The van der Waals surface area contributed by atoms with Gasteiger partial charge in [-0.25, -0.2) is 4.79 Å². The second-order valence-electron chi connectivity index (χ2n) is 12.3. The Bertz CT molecular complexity index is 1550. The molecule has 0 radical (unpaired) electrons. The highest BCUT2D eigenvalue weighted by atomic mass is 16.8. The van der Waals surface area contributed by atoms with E-state index in [1.807, 2.05) is 142 Å². The van der Waals surface area contributed by atoms with Crippen LogP contribution in [0.15, 0.2) is 152 Å². The monoisotopic (exact) mass is 644 g/mol. The maximum atomic E-state index is 12.9. The Morgan fingerprint density at radius 2 is 1.35 bits per heavy atom. The highest BCUT2D eigenvalue weighted by Crippen LogP contribution is 2.42. The van der Waals surface area contributed by atoms with Gasteiger partial charge in [-0.05, 0) is 49.1 Å². The number of rotatable bonds is 14. The third kappa shape index (κ3) is 8.46. The first-order valence-corrected chi connectivity index (χ1v) is 16.3. The lowest BCUT2D eigenvalue weighted by Crippen LogP contribution is -2.40. The number of carbonyl (C=O) groups excluding carboxylic acids is 1. The van der Waals surface area contributed by atoms with Crippen LogP contribution < -0.4 is 0 Å². The highest BCUT2D eigenvalue weighted by Gasteiger charge is 2.45. The van der Waals surface area contributed by atoms with Gasteiger partial charge in [-0.15, -0.1) is 6.58 Å². The largest absolute Gasteiger partial charge is 0.456 e. The van der Waals surface area contributed by atoms with Crippen molar-refractivity contribution in [3.63, 3.8) is 0 Å². The zero-order valence-corrected chi connectivity index (χ0v) is 27.7. The molecule has 4 aromatic rings. The Hall–Kier alpha value is -4.59. The van der Waals surface area contributed by atoms with Gasteiger partial charge in [0, 0.05) is 12.5 Å². The van der Waals surface area contributed by atoms with Crippen LogP contribution in [0.2, 0.25) is 0 Å². The standard InChI is InChI=1S/C42H44O6/c1-5-18-37(45-39(44)30-27-32-19-10-6-11-20-32)40-38(47-41(3,4)48-40)29-28-36(43)31(2)46-42(33-21-12-7-13-22-33,34-23-14-8-15-24-34)35-25-16-9-17-26-35/h5-17,19-31,36-38,40,43H,1,18H2,2-4H3/b29-28+,30-27+/t31-,36+,37+,38+,40+/m0/s1. The van der Waals surface area contributed by atoms with Crippen LogP contribution in [0, 0.1) is 0 Å². The summed E-state index contributed by atoms with van der Waals surface area (Å²) in [6.45, 7) is 9.34. The number of aliphatic hydroxyl groups excluding tert-OH is 1. The Morgan fingerprint density at radius 3 is 1.85 bits per heavy atom. The predicted molar refractivity (Wildman–Crippen MR) is 189 cm³/mol. The van der Waals surface area contributed by atoms with Gasteiger partial charge in [0.15, 0.2) is 5.79 Å². The van der Waals surface area contributed by atoms with Gasteiger partial charge >= 0.3 is 5.97 Å². The predicted octanol–water partition coefficient (Wildman–Crippen LogP) is 8.02. The lowest BCUT2D eigenvalue weighted by molar-refractivity contribution is -0.167. The lowest BCUT2D eigenvalue weighted by atomic mass is 9.80. The highest BCUT2D eigenvalue weighted by molar-refractivity contribution is 5.87. The summed E-state index contributed by atoms with van der Waals surface area (Å²) in [4.78, 5) is 12.9. The molecule has 1 aliphatic rings. The number of esters is 1. The topological polar surface area (TPSA) is 74.2 Å². The molecule has 1 heterocycles. The van der Waals surface area contributed by atoms with E-state index in [0.717, 1.165) is 22.3 Å². The van der Waals surface area contributed by atoms with Crippen molar-refractivity contribution >= 4 is 12.0 Å². The van der Waals surface area contributed by atoms with Crippen molar-refractivity contribution < 1.29 is 28.8 Å². The normalized spacial score (nSPS) is 19.6. The van der Waals surface area contributed by atoms with E-state index in [1.165, 1.54) is 6.08 Å². The van der Waals surface area contributed by atoms with Crippen molar-refractivity contribution in [1.29, 1.82) is 0 Å². The van der Waals surface area contributed by atoms with Gasteiger partial charge < -0.3 is 24.1 Å². The average Bonchev–Trinajstić information content (AvgIpc) is 3.43. The molecule has 1 N–H and O–H groups in total. The van der Waals surface area contributed by atoms with E-state index in [-0.39, 0.29) is 0 Å². The van der Waals surface area contributed by atoms with Crippen molar-refractivity contribution in [3.8, 4) is 0 Å². The van der Waals surface area contributed by atoms with Gasteiger partial charge in [0.25, 0.3) is 0 Å². The summed E-state index contributed by atoms with van der Waals surface area (Å²) < 4.78 is 25.3. The summed E-state index contributed by atoms with van der Waals surface area (Å²) in [5.41, 5.74) is 2.71. The molecule has 6 heteroatoms. The average molecular weight is 645 g/mol. The van der Waals surface area contributed by atoms with E-state index < -0.39 is 47.9 Å². The third-order valence-electron chi connectivity index (χ3n) is 8.29. The molecule has 0 spiro atoms. The Balaban J connectivity index is 1.38. The van der Waals surface area contributed by atoms with Gasteiger partial charge in [0.05, 0.1) is 12.2 Å². The van der Waals surface area contributed by atoms with E-state index in [0.29, 0.717) is 6.42 Å². The van der Waals surface area contributed by atoms with Crippen LogP contribution >= 0.6 is 0 Å². The van der Waals surface area contributed by atoms with Crippen LogP contribution in [0.1, 0.15) is 49.4 Å². The molecule has 248 valence electrons. The summed E-state index contributed by atoms with van der Waals surface area (Å²) in [6, 6.07) is 39.7. The second-order valence-corrected chi connectivity index (χ2v) is 12.3. The molecule has 0 bridgehead atoms. The van der Waals surface area contributed by atoms with Crippen LogP contribution in [0.4, 0.5) is 0 Å². The van der Waals surface area contributed by atoms with E-state index in [4.69, 9.17) is 18.9 Å². The van der Waals surface area contributed by atoms with Gasteiger partial charge in [0.2, 0.25) is 0 Å². The molecule has 0 aromatic heterocycles. The number of aliphatic hydroxyl groups is 1. The fourth-order valence-corrected chi connectivity index (χ4v) is 6.04. The van der Waals surface area contributed by atoms with Crippen molar-refractivity contribution in [2.24, 2.45) is 0 Å². The fraction of sp³-hybridized carbons (Fsp3) is 0.262. The van der Waals surface area contributed by atoms with Crippen molar-refractivity contribution in [2.45, 2.75) is 69.1 Å². The zero-order valence-electron chi connectivity index (χ0n) is 27.7. The molecule has 5 atom stereocenters. The summed E-state index contributed by atoms with van der Waals surface area (Å²) in [7, 11) is 0. The summed E-state index contributed by atoms with van der Waals surface area (Å²) in [5, 5.41) is 11.5. The van der Waals surface area contributed by atoms with Crippen molar-refractivity contribution in [3.05, 3.63) is 174 Å². The number of benzene rings is 4. The number of hydrogen-bond acceptors (Lipinski definition) is 6. The maximum absolute atomic E-state index is 12.9. The fourth-order valence-electron chi connectivity index (χ4n) is 6.04. The van der Waals surface area contributed by atoms with Gasteiger partial charge in [-0.3, -0.25) is 0 Å². The van der Waals surface area contributed by atoms with Crippen LogP contribution in [0.5, 0.6) is 0 Å². The molecule has 0 aliphatic carbocycles. The van der Waals surface area contributed by atoms with Gasteiger partial charge in [-0.2, -0.15) is 0 Å². The molecular formula is C42H44O6. The first-order chi connectivity index (χ1) is 23.2. The van der Waals surface area contributed by atoms with Gasteiger partial charge in [0.1, 0.15) is 23.9 Å². The molecule has 6 nitrogen and oxygen atoms in total. The summed E-state index contributed by atoms with van der Waals surface area (Å²) in [6.07, 6.45) is 5.01. The molecule has 48 heavy (non-hydrogen) atoms. The summed E-state index contributed by atoms with van der Waals surface area (Å²) in [5.74, 6) is -1.44. The van der Waals surface area contributed by atoms with E-state index >= 15 is 0 Å². The first kappa shape index (κ1) is 34.7. The van der Waals surface area contributed by atoms with Crippen LogP contribution in [-0.2, 0) is 29.3 Å². The molecule has 1 aliphatic heterocycles. The lowest BCUT2D eigenvalue weighted by Gasteiger charge is -2.39. The molecule has 0 unspecified atom stereocenters. The van der Waals surface area contributed by atoms with E-state index in [1.54, 1.807) is 24.3 Å². The zero-order chi connectivity index (χ0) is 34.0.